The van der Waals surface area contributed by atoms with E-state index in [0.29, 0.717) is 5.84 Å². The van der Waals surface area contributed by atoms with Crippen molar-refractivity contribution < 1.29 is 4.42 Å². The molecule has 1 unspecified atom stereocenters. The molecule has 0 spiro atoms. The fraction of sp³-hybridized carbons (Fsp3) is 0.0244. The third kappa shape index (κ3) is 4.30. The summed E-state index contributed by atoms with van der Waals surface area (Å²) in [6, 6.07) is 52.7. The summed E-state index contributed by atoms with van der Waals surface area (Å²) in [7, 11) is 0. The van der Waals surface area contributed by atoms with Gasteiger partial charge in [0, 0.05) is 27.5 Å². The van der Waals surface area contributed by atoms with Crippen molar-refractivity contribution in [2.24, 2.45) is 9.98 Å². The summed E-state index contributed by atoms with van der Waals surface area (Å²) in [5.74, 6) is 1.46. The third-order valence-electron chi connectivity index (χ3n) is 8.73. The van der Waals surface area contributed by atoms with Gasteiger partial charge in [-0.3, -0.25) is 0 Å². The first kappa shape index (κ1) is 25.5. The van der Waals surface area contributed by atoms with E-state index >= 15 is 0 Å². The van der Waals surface area contributed by atoms with E-state index in [-0.39, 0.29) is 6.17 Å². The van der Waals surface area contributed by atoms with Crippen LogP contribution >= 0.6 is 0 Å². The summed E-state index contributed by atoms with van der Waals surface area (Å²) < 4.78 is 6.56. The maximum atomic E-state index is 6.56. The molecule has 1 N–H and O–H groups in total. The molecule has 45 heavy (non-hydrogen) atoms. The topological polar surface area (TPSA) is 49.9 Å². The molecule has 0 radical (unpaired) electrons. The maximum Gasteiger partial charge on any atom is 0.159 e. The Labute approximate surface area is 260 Å². The molecule has 4 heteroatoms. The van der Waals surface area contributed by atoms with Crippen LogP contribution in [0.15, 0.2) is 166 Å². The van der Waals surface area contributed by atoms with Crippen LogP contribution in [0.4, 0.5) is 0 Å². The molecule has 0 bridgehead atoms. The molecule has 0 fully saturated rings. The second-order valence-corrected chi connectivity index (χ2v) is 11.4. The monoisotopic (exact) mass is 577 g/mol. The molecule has 0 saturated carbocycles. The van der Waals surface area contributed by atoms with Crippen molar-refractivity contribution in [3.63, 3.8) is 0 Å². The van der Waals surface area contributed by atoms with Crippen molar-refractivity contribution in [3.05, 3.63) is 168 Å². The SMILES string of the molecule is c1ccc(-c2ccc(C3=NC(c4ccc5c(ccc6ccccc65)c4)=NC(c4ccccc4)N3)c3c2oc2ccccc23)cc1. The number of para-hydroxylation sites is 1. The number of nitrogens with zero attached hydrogens (tertiary/aromatic N) is 2. The highest BCUT2D eigenvalue weighted by molar-refractivity contribution is 6.24. The van der Waals surface area contributed by atoms with E-state index < -0.39 is 0 Å². The minimum absolute atomic E-state index is 0.303. The van der Waals surface area contributed by atoms with Crippen LogP contribution in [0, 0.1) is 0 Å². The van der Waals surface area contributed by atoms with Gasteiger partial charge in [-0.2, -0.15) is 0 Å². The van der Waals surface area contributed by atoms with Gasteiger partial charge in [-0.1, -0.05) is 127 Å². The number of benzene rings is 7. The van der Waals surface area contributed by atoms with Crippen molar-refractivity contribution in [1.29, 1.82) is 0 Å². The quantitative estimate of drug-likeness (QED) is 0.212. The summed E-state index contributed by atoms with van der Waals surface area (Å²) in [5.41, 5.74) is 6.90. The highest BCUT2D eigenvalue weighted by Gasteiger charge is 2.25. The summed E-state index contributed by atoms with van der Waals surface area (Å²) in [5, 5.41) is 10.6. The van der Waals surface area contributed by atoms with Gasteiger partial charge in [0.1, 0.15) is 23.2 Å². The minimum atomic E-state index is -0.303. The lowest BCUT2D eigenvalue weighted by molar-refractivity contribution is 0.668. The van der Waals surface area contributed by atoms with Crippen molar-refractivity contribution in [2.75, 3.05) is 0 Å². The van der Waals surface area contributed by atoms with Crippen molar-refractivity contribution in [2.45, 2.75) is 6.17 Å². The molecule has 0 aliphatic carbocycles. The summed E-state index contributed by atoms with van der Waals surface area (Å²) in [4.78, 5) is 10.4. The van der Waals surface area contributed by atoms with Gasteiger partial charge in [0.25, 0.3) is 0 Å². The van der Waals surface area contributed by atoms with E-state index in [1.54, 1.807) is 0 Å². The molecular weight excluding hydrogens is 550 g/mol. The van der Waals surface area contributed by atoms with Crippen LogP contribution < -0.4 is 5.32 Å². The number of fused-ring (bicyclic) bond motifs is 6. The van der Waals surface area contributed by atoms with E-state index in [0.717, 1.165) is 61.0 Å². The largest absolute Gasteiger partial charge is 0.455 e. The van der Waals surface area contributed by atoms with Gasteiger partial charge in [0.05, 0.1) is 0 Å². The summed E-state index contributed by atoms with van der Waals surface area (Å²) in [6.45, 7) is 0. The highest BCUT2D eigenvalue weighted by atomic mass is 16.3. The smallest absolute Gasteiger partial charge is 0.159 e. The van der Waals surface area contributed by atoms with Gasteiger partial charge in [-0.15, -0.1) is 0 Å². The lowest BCUT2D eigenvalue weighted by Crippen LogP contribution is -2.33. The first-order valence-corrected chi connectivity index (χ1v) is 15.2. The molecule has 2 heterocycles. The van der Waals surface area contributed by atoms with E-state index in [4.69, 9.17) is 14.4 Å². The zero-order valence-electron chi connectivity index (χ0n) is 24.3. The zero-order chi connectivity index (χ0) is 29.7. The van der Waals surface area contributed by atoms with Crippen molar-refractivity contribution >= 4 is 55.2 Å². The molecule has 1 aromatic heterocycles. The van der Waals surface area contributed by atoms with Gasteiger partial charge in [-0.25, -0.2) is 9.98 Å². The zero-order valence-corrected chi connectivity index (χ0v) is 24.3. The van der Waals surface area contributed by atoms with E-state index in [9.17, 15) is 0 Å². The predicted octanol–water partition coefficient (Wildman–Crippen LogP) is 10.1. The average Bonchev–Trinajstić information content (AvgIpc) is 3.51. The van der Waals surface area contributed by atoms with Gasteiger partial charge in [-0.05, 0) is 56.9 Å². The van der Waals surface area contributed by atoms with Crippen molar-refractivity contribution in [1.82, 2.24) is 5.32 Å². The molecule has 0 saturated heterocycles. The Morgan fingerprint density at radius 1 is 0.533 bits per heavy atom. The standard InChI is InChI=1S/C41H27N3O/c1-3-11-26(12-4-1)33-23-24-35(37-34-17-9-10-18-36(34)45-38(33)37)41-43-39(28-14-5-2-6-15-28)42-40(44-41)30-21-22-32-29(25-30)20-19-27-13-7-8-16-31(27)32/h1-25,39H,(H,42,43,44). The van der Waals surface area contributed by atoms with Crippen LogP contribution in [-0.4, -0.2) is 11.7 Å². The molecular formula is C41H27N3O. The number of aliphatic imine (C=N–C) groups is 2. The normalized spacial score (nSPS) is 14.9. The number of hydrogen-bond acceptors (Lipinski definition) is 4. The number of furan rings is 1. The van der Waals surface area contributed by atoms with Crippen LogP contribution in [0.25, 0.3) is 54.6 Å². The van der Waals surface area contributed by atoms with Crippen LogP contribution in [0.5, 0.6) is 0 Å². The van der Waals surface area contributed by atoms with Crippen LogP contribution in [0.2, 0.25) is 0 Å². The molecule has 212 valence electrons. The molecule has 0 amide bonds. The first-order valence-electron chi connectivity index (χ1n) is 15.2. The maximum absolute atomic E-state index is 6.56. The second kappa shape index (κ2) is 10.3. The Morgan fingerprint density at radius 2 is 1.22 bits per heavy atom. The lowest BCUT2D eigenvalue weighted by atomic mass is 9.97. The highest BCUT2D eigenvalue weighted by Crippen LogP contribution is 2.39. The molecule has 1 atom stereocenters. The lowest BCUT2D eigenvalue weighted by Gasteiger charge is -2.24. The molecule has 1 aliphatic heterocycles. The summed E-state index contributed by atoms with van der Waals surface area (Å²) >= 11 is 0. The van der Waals surface area contributed by atoms with Crippen molar-refractivity contribution in [3.8, 4) is 11.1 Å². The third-order valence-corrected chi connectivity index (χ3v) is 8.73. The fourth-order valence-electron chi connectivity index (χ4n) is 6.54. The predicted molar refractivity (Wildman–Crippen MR) is 186 cm³/mol. The molecule has 4 nitrogen and oxygen atoms in total. The first-order chi connectivity index (χ1) is 22.3. The fourth-order valence-corrected chi connectivity index (χ4v) is 6.54. The number of amidine groups is 2. The van der Waals surface area contributed by atoms with E-state index in [1.807, 2.05) is 24.3 Å². The van der Waals surface area contributed by atoms with Crippen LogP contribution in [0.1, 0.15) is 22.9 Å². The Balaban J connectivity index is 1.25. The second-order valence-electron chi connectivity index (χ2n) is 11.4. The van der Waals surface area contributed by atoms with Gasteiger partial charge < -0.3 is 9.73 Å². The Kier molecular flexibility index (Phi) is 5.85. The number of nitrogens with one attached hydrogen (secondary N) is 1. The van der Waals surface area contributed by atoms with Gasteiger partial charge >= 0.3 is 0 Å². The molecule has 7 aromatic carbocycles. The molecule has 1 aliphatic rings. The average molecular weight is 578 g/mol. The van der Waals surface area contributed by atoms with Crippen LogP contribution in [-0.2, 0) is 0 Å². The Morgan fingerprint density at radius 3 is 2.09 bits per heavy atom. The Hall–Kier alpha value is -6.00. The number of rotatable bonds is 4. The minimum Gasteiger partial charge on any atom is -0.455 e. The Bertz CT molecular complexity index is 2460. The number of hydrogen-bond donors (Lipinski definition) is 1. The summed E-state index contributed by atoms with van der Waals surface area (Å²) in [6.07, 6.45) is -0.303. The van der Waals surface area contributed by atoms with Crippen LogP contribution in [0.3, 0.4) is 0 Å². The molecule has 9 rings (SSSR count). The molecule has 8 aromatic rings. The van der Waals surface area contributed by atoms with Gasteiger partial charge in [0.2, 0.25) is 0 Å². The van der Waals surface area contributed by atoms with E-state index in [1.165, 1.54) is 16.2 Å². The van der Waals surface area contributed by atoms with E-state index in [2.05, 4.69) is 133 Å². The van der Waals surface area contributed by atoms with Gasteiger partial charge in [0.15, 0.2) is 5.84 Å².